The van der Waals surface area contributed by atoms with Gasteiger partial charge in [-0.25, -0.2) is 9.59 Å². The summed E-state index contributed by atoms with van der Waals surface area (Å²) >= 11 is 0. The predicted molar refractivity (Wildman–Crippen MR) is 82.3 cm³/mol. The number of amides is 1. The fraction of sp³-hybridized carbons (Fsp3) is 0.800. The van der Waals surface area contributed by atoms with E-state index in [4.69, 9.17) is 4.74 Å². The second kappa shape index (κ2) is 6.35. The predicted octanol–water partition coefficient (Wildman–Crippen LogP) is 1.29. The number of aliphatic carboxylic acids is 2. The Hall–Kier alpha value is -1.83. The molecule has 0 spiro atoms. The molecule has 0 saturated carbocycles. The molecule has 1 aliphatic heterocycles. The quantitative estimate of drug-likeness (QED) is 0.695. The van der Waals surface area contributed by atoms with Crippen LogP contribution in [0.2, 0.25) is 0 Å². The van der Waals surface area contributed by atoms with Crippen molar-refractivity contribution in [3.63, 3.8) is 0 Å². The summed E-state index contributed by atoms with van der Waals surface area (Å²) in [5.41, 5.74) is -3.78. The highest BCUT2D eigenvalue weighted by Crippen LogP contribution is 2.39. The van der Waals surface area contributed by atoms with Gasteiger partial charge in [0, 0.05) is 13.0 Å². The SMILES string of the molecule is CCN1C[C@@](NC(=O)OC(C)(C)C)(C(=O)O)C[C@]1(CC)C(=O)O. The minimum Gasteiger partial charge on any atom is -0.480 e. The Morgan fingerprint density at radius 1 is 1.17 bits per heavy atom. The number of hydrogen-bond donors (Lipinski definition) is 3. The Morgan fingerprint density at radius 2 is 1.74 bits per heavy atom. The third kappa shape index (κ3) is 3.74. The third-order valence-electron chi connectivity index (χ3n) is 4.17. The summed E-state index contributed by atoms with van der Waals surface area (Å²) in [5.74, 6) is -2.35. The van der Waals surface area contributed by atoms with Gasteiger partial charge in [0.2, 0.25) is 0 Å². The maximum atomic E-state index is 12.0. The van der Waals surface area contributed by atoms with Crippen LogP contribution in [0.5, 0.6) is 0 Å². The number of carboxylic acid groups (broad SMARTS) is 2. The lowest BCUT2D eigenvalue weighted by atomic mass is 9.85. The first-order valence-corrected chi connectivity index (χ1v) is 7.65. The van der Waals surface area contributed by atoms with Crippen LogP contribution >= 0.6 is 0 Å². The summed E-state index contributed by atoms with van der Waals surface area (Å²) in [6.07, 6.45) is -0.844. The number of carbonyl (C=O) groups is 3. The molecule has 3 N–H and O–H groups in total. The number of nitrogens with zero attached hydrogens (tertiary/aromatic N) is 1. The van der Waals surface area contributed by atoms with E-state index in [1.54, 1.807) is 39.5 Å². The summed E-state index contributed by atoms with van der Waals surface area (Å²) in [5, 5.41) is 21.7. The van der Waals surface area contributed by atoms with Crippen LogP contribution in [-0.4, -0.2) is 62.9 Å². The van der Waals surface area contributed by atoms with Crippen molar-refractivity contribution in [2.45, 2.75) is 64.1 Å². The van der Waals surface area contributed by atoms with Gasteiger partial charge in [-0.3, -0.25) is 9.69 Å². The normalized spacial score (nSPS) is 28.4. The van der Waals surface area contributed by atoms with Crippen molar-refractivity contribution >= 4 is 18.0 Å². The molecule has 1 amide bonds. The summed E-state index contributed by atoms with van der Waals surface area (Å²) in [4.78, 5) is 37.2. The first-order valence-electron chi connectivity index (χ1n) is 7.65. The topological polar surface area (TPSA) is 116 Å². The Balaban J connectivity index is 3.15. The number of alkyl carbamates (subject to hydrolysis) is 1. The van der Waals surface area contributed by atoms with Gasteiger partial charge in [-0.1, -0.05) is 13.8 Å². The van der Waals surface area contributed by atoms with E-state index in [2.05, 4.69) is 5.32 Å². The van der Waals surface area contributed by atoms with Crippen molar-refractivity contribution in [1.29, 1.82) is 0 Å². The lowest BCUT2D eigenvalue weighted by Crippen LogP contribution is -2.57. The van der Waals surface area contributed by atoms with Gasteiger partial charge in [0.1, 0.15) is 11.1 Å². The number of nitrogens with one attached hydrogen (secondary N) is 1. The highest BCUT2D eigenvalue weighted by Gasteiger charge is 2.60. The van der Waals surface area contributed by atoms with E-state index in [9.17, 15) is 24.6 Å². The van der Waals surface area contributed by atoms with Crippen molar-refractivity contribution in [2.24, 2.45) is 0 Å². The summed E-state index contributed by atoms with van der Waals surface area (Å²) in [6, 6.07) is 0. The summed E-state index contributed by atoms with van der Waals surface area (Å²) in [6.45, 7) is 8.74. The van der Waals surface area contributed by atoms with Gasteiger partial charge in [0.15, 0.2) is 5.54 Å². The second-order valence-electron chi connectivity index (χ2n) is 6.90. The van der Waals surface area contributed by atoms with Gasteiger partial charge in [-0.05, 0) is 33.7 Å². The molecule has 2 atom stereocenters. The van der Waals surface area contributed by atoms with Crippen molar-refractivity contribution in [3.8, 4) is 0 Å². The lowest BCUT2D eigenvalue weighted by molar-refractivity contribution is -0.150. The van der Waals surface area contributed by atoms with Gasteiger partial charge in [-0.2, -0.15) is 0 Å². The Bertz CT molecular complexity index is 501. The molecule has 1 rings (SSSR count). The van der Waals surface area contributed by atoms with Gasteiger partial charge in [-0.15, -0.1) is 0 Å². The van der Waals surface area contributed by atoms with Crippen molar-refractivity contribution in [1.82, 2.24) is 10.2 Å². The molecular formula is C15H26N2O6. The van der Waals surface area contributed by atoms with Gasteiger partial charge in [0.05, 0.1) is 0 Å². The molecule has 0 aromatic heterocycles. The number of carboxylic acids is 2. The molecule has 23 heavy (non-hydrogen) atoms. The second-order valence-corrected chi connectivity index (χ2v) is 6.90. The van der Waals surface area contributed by atoms with Crippen LogP contribution in [0.3, 0.4) is 0 Å². The summed E-state index contributed by atoms with van der Waals surface area (Å²) in [7, 11) is 0. The average molecular weight is 330 g/mol. The number of rotatable bonds is 5. The fourth-order valence-corrected chi connectivity index (χ4v) is 3.05. The van der Waals surface area contributed by atoms with Crippen LogP contribution in [-0.2, 0) is 14.3 Å². The molecule has 0 aliphatic carbocycles. The maximum absolute atomic E-state index is 12.0. The monoisotopic (exact) mass is 330 g/mol. The summed E-state index contributed by atoms with van der Waals surface area (Å²) < 4.78 is 5.13. The first-order chi connectivity index (χ1) is 10.4. The molecule has 0 aromatic rings. The average Bonchev–Trinajstić information content (AvgIpc) is 2.72. The molecule has 1 aliphatic rings. The third-order valence-corrected chi connectivity index (χ3v) is 4.17. The van der Waals surface area contributed by atoms with E-state index < -0.39 is 34.7 Å². The van der Waals surface area contributed by atoms with Crippen LogP contribution in [0.25, 0.3) is 0 Å². The van der Waals surface area contributed by atoms with E-state index in [1.807, 2.05) is 0 Å². The number of carbonyl (C=O) groups excluding carboxylic acids is 1. The van der Waals surface area contributed by atoms with Gasteiger partial charge < -0.3 is 20.3 Å². The standard InChI is InChI=1S/C15H26N2O6/c1-6-15(11(20)21)8-14(10(18)19,9-17(15)7-2)16-12(22)23-13(3,4)5/h6-9H2,1-5H3,(H,16,22)(H,18,19)(H,20,21)/t14-,15-/m1/s1. The molecule has 0 unspecified atom stereocenters. The van der Waals surface area contributed by atoms with Crippen LogP contribution in [0, 0.1) is 0 Å². The smallest absolute Gasteiger partial charge is 0.408 e. The first kappa shape index (κ1) is 19.2. The molecule has 132 valence electrons. The molecule has 1 heterocycles. The van der Waals surface area contributed by atoms with Crippen LogP contribution in [0.1, 0.15) is 47.5 Å². The zero-order valence-corrected chi connectivity index (χ0v) is 14.3. The van der Waals surface area contributed by atoms with Crippen molar-refractivity contribution < 1.29 is 29.3 Å². The minimum absolute atomic E-state index is 0.0851. The van der Waals surface area contributed by atoms with Crippen molar-refractivity contribution in [3.05, 3.63) is 0 Å². The number of likely N-dealkylation sites (tertiary alicyclic amines) is 1. The highest BCUT2D eigenvalue weighted by molar-refractivity contribution is 5.89. The van der Waals surface area contributed by atoms with E-state index in [1.165, 1.54) is 0 Å². The van der Waals surface area contributed by atoms with Crippen LogP contribution in [0.15, 0.2) is 0 Å². The fourth-order valence-electron chi connectivity index (χ4n) is 3.05. The van der Waals surface area contributed by atoms with Gasteiger partial charge in [0.25, 0.3) is 0 Å². The van der Waals surface area contributed by atoms with E-state index in [0.717, 1.165) is 0 Å². The number of likely N-dealkylation sites (N-methyl/N-ethyl adjacent to an activating group) is 1. The Labute approximate surface area is 135 Å². The van der Waals surface area contributed by atoms with E-state index in [0.29, 0.717) is 6.54 Å². The number of ether oxygens (including phenoxy) is 1. The van der Waals surface area contributed by atoms with Gasteiger partial charge >= 0.3 is 18.0 Å². The lowest BCUT2D eigenvalue weighted by Gasteiger charge is -2.32. The maximum Gasteiger partial charge on any atom is 0.408 e. The Kier molecular flexibility index (Phi) is 5.30. The van der Waals surface area contributed by atoms with Crippen LogP contribution in [0.4, 0.5) is 4.79 Å². The minimum atomic E-state index is -1.69. The Morgan fingerprint density at radius 3 is 2.04 bits per heavy atom. The van der Waals surface area contributed by atoms with E-state index >= 15 is 0 Å². The molecule has 8 nitrogen and oxygen atoms in total. The molecular weight excluding hydrogens is 304 g/mol. The highest BCUT2D eigenvalue weighted by atomic mass is 16.6. The zero-order chi connectivity index (χ0) is 18.1. The molecule has 1 fully saturated rings. The van der Waals surface area contributed by atoms with Crippen LogP contribution < -0.4 is 5.32 Å². The molecule has 0 radical (unpaired) electrons. The molecule has 8 heteroatoms. The molecule has 1 saturated heterocycles. The molecule has 0 bridgehead atoms. The number of hydrogen-bond acceptors (Lipinski definition) is 5. The van der Waals surface area contributed by atoms with Crippen molar-refractivity contribution in [2.75, 3.05) is 13.1 Å². The largest absolute Gasteiger partial charge is 0.480 e. The zero-order valence-electron chi connectivity index (χ0n) is 14.3. The van der Waals surface area contributed by atoms with E-state index in [-0.39, 0.29) is 19.4 Å². The molecule has 0 aromatic carbocycles.